The average Bonchev–Trinajstić information content (AvgIpc) is 3.61. The fraction of sp³-hybridized carbons (Fsp3) is 0. The molecule has 0 aliphatic carbocycles. The highest BCUT2D eigenvalue weighted by molar-refractivity contribution is 6.72. The summed E-state index contributed by atoms with van der Waals surface area (Å²) in [7, 11) is 16.0. The van der Waals surface area contributed by atoms with Crippen LogP contribution in [0.1, 0.15) is 0 Å². The van der Waals surface area contributed by atoms with Crippen LogP contribution in [0.15, 0.2) is 150 Å². The van der Waals surface area contributed by atoms with Gasteiger partial charge in [-0.15, -0.1) is 10.9 Å². The van der Waals surface area contributed by atoms with E-state index in [2.05, 4.69) is 193 Å². The van der Waals surface area contributed by atoms with Gasteiger partial charge in [-0.2, -0.15) is 0 Å². The fourth-order valence-electron chi connectivity index (χ4n) is 8.60. The summed E-state index contributed by atoms with van der Waals surface area (Å²) in [6, 6.07) is 52.5. The van der Waals surface area contributed by atoms with Crippen LogP contribution >= 0.6 is 0 Å². The Hall–Kier alpha value is -5.93. The molecule has 0 N–H and O–H groups in total. The molecule has 0 aliphatic heterocycles. The van der Waals surface area contributed by atoms with Crippen molar-refractivity contribution in [3.8, 4) is 33.4 Å². The smallest absolute Gasteiger partial charge is 0.141 e. The van der Waals surface area contributed by atoms with Crippen molar-refractivity contribution < 1.29 is 4.42 Å². The number of para-hydroxylation sites is 1. The lowest BCUT2D eigenvalue weighted by Gasteiger charge is -2.33. The first-order valence-corrected chi connectivity index (χ1v) is 19.3. The molecule has 1 heterocycles. The molecular weight excluding hydrogens is 658 g/mol. The predicted molar refractivity (Wildman–Crippen MR) is 259 cm³/mol. The van der Waals surface area contributed by atoms with Crippen molar-refractivity contribution in [2.24, 2.45) is 0 Å². The molecule has 0 saturated heterocycles. The van der Waals surface area contributed by atoms with Gasteiger partial charge in [0.05, 0.1) is 0 Å². The van der Waals surface area contributed by atoms with E-state index in [-0.39, 0.29) is 0 Å². The van der Waals surface area contributed by atoms with Crippen molar-refractivity contribution in [2.75, 3.05) is 4.90 Å². The van der Waals surface area contributed by atoms with Crippen LogP contribution in [-0.2, 0) is 0 Å². The van der Waals surface area contributed by atoms with E-state index in [0.717, 1.165) is 33.3 Å². The topological polar surface area (TPSA) is 16.4 Å². The molecule has 0 bridgehead atoms. The van der Waals surface area contributed by atoms with Gasteiger partial charge in [0, 0.05) is 27.8 Å². The Bertz CT molecular complexity index is 2920. The second kappa shape index (κ2) is 13.7. The van der Waals surface area contributed by atoms with Gasteiger partial charge in [-0.1, -0.05) is 130 Å². The molecule has 9 rings (SSSR count). The van der Waals surface area contributed by atoms with Gasteiger partial charge in [-0.25, -0.2) is 0 Å². The lowest BCUT2D eigenvalue weighted by Crippen LogP contribution is -2.52. The summed E-state index contributed by atoms with van der Waals surface area (Å²) in [6.45, 7) is 0. The molecule has 8 aromatic carbocycles. The van der Waals surface area contributed by atoms with Crippen LogP contribution in [0, 0.1) is 0 Å². The van der Waals surface area contributed by atoms with Crippen molar-refractivity contribution in [2.45, 2.75) is 0 Å². The van der Waals surface area contributed by atoms with E-state index in [4.69, 9.17) is 4.42 Å². The van der Waals surface area contributed by atoms with Gasteiger partial charge in [0.15, 0.2) is 0 Å². The summed E-state index contributed by atoms with van der Waals surface area (Å²) in [5.74, 6) is 0. The summed E-state index contributed by atoms with van der Waals surface area (Å²) >= 11 is 0. The zero-order valence-electron chi connectivity index (χ0n) is 32.7. The Kier molecular flexibility index (Phi) is 8.69. The first-order valence-electron chi connectivity index (χ1n) is 19.3. The molecule has 2 nitrogen and oxygen atoms in total. The van der Waals surface area contributed by atoms with Gasteiger partial charge in [-0.05, 0) is 86.6 Å². The second-order valence-electron chi connectivity index (χ2n) is 15.2. The first kappa shape index (κ1) is 34.8. The maximum absolute atomic E-state index is 6.08. The Balaban J connectivity index is 1.14. The molecule has 9 aromatic rings. The third kappa shape index (κ3) is 5.85. The lowest BCUT2D eigenvalue weighted by atomic mass is 9.60. The Morgan fingerprint density at radius 1 is 0.327 bits per heavy atom. The Labute approximate surface area is 329 Å². The number of benzene rings is 8. The molecule has 1 aromatic heterocycles. The predicted octanol–water partition coefficient (Wildman–Crippen LogP) is 1.02. The molecule has 0 spiro atoms. The molecule has 0 fully saturated rings. The van der Waals surface area contributed by atoms with Gasteiger partial charge < -0.3 is 9.32 Å². The zero-order valence-corrected chi connectivity index (χ0v) is 32.7. The number of anilines is 3. The number of hydrogen-bond acceptors (Lipinski definition) is 2. The maximum Gasteiger partial charge on any atom is 0.141 e. The van der Waals surface area contributed by atoms with Crippen molar-refractivity contribution in [1.82, 2.24) is 0 Å². The number of rotatable bonds is 6. The third-order valence-corrected chi connectivity index (χ3v) is 12.3. The molecule has 254 valence electrons. The highest BCUT2D eigenvalue weighted by Gasteiger charge is 2.24. The molecule has 0 aliphatic rings. The quantitative estimate of drug-likeness (QED) is 0.242. The monoisotopic (exact) mass is 697 g/mol. The van der Waals surface area contributed by atoms with Gasteiger partial charge in [-0.3, -0.25) is 0 Å². The number of hydrogen-bond donors (Lipinski definition) is 0. The summed E-state index contributed by atoms with van der Waals surface area (Å²) in [4.78, 5) is 2.49. The average molecular weight is 696 g/mol. The van der Waals surface area contributed by atoms with Crippen molar-refractivity contribution in [3.05, 3.63) is 146 Å². The summed E-state index contributed by atoms with van der Waals surface area (Å²) in [6.07, 6.45) is 0. The fourth-order valence-corrected chi connectivity index (χ4v) is 8.60. The summed E-state index contributed by atoms with van der Waals surface area (Å²) in [5.41, 5.74) is 22.0. The Morgan fingerprint density at radius 2 is 0.745 bits per heavy atom. The third-order valence-electron chi connectivity index (χ3n) is 12.3. The van der Waals surface area contributed by atoms with Crippen molar-refractivity contribution in [1.29, 1.82) is 0 Å². The SMILES string of the molecule is Bc1c(B)c(B)c2c(N(c3ccc(-c4ccccc4)cc3)c3ccc(-c4ccc(-c5ccc6oc7ccccc7c6c5)cc4)cc3)c(B)c(B)c(B)c2c1B. The second-order valence-corrected chi connectivity index (χ2v) is 15.2. The van der Waals surface area contributed by atoms with Crippen LogP contribution < -0.4 is 43.1 Å². The zero-order chi connectivity index (χ0) is 38.0. The van der Waals surface area contributed by atoms with Gasteiger partial charge >= 0.3 is 0 Å². The largest absolute Gasteiger partial charge is 0.456 e. The lowest BCUT2D eigenvalue weighted by molar-refractivity contribution is 0.669. The first-order chi connectivity index (χ1) is 26.7. The van der Waals surface area contributed by atoms with Crippen LogP contribution in [-0.4, -0.2) is 54.9 Å². The van der Waals surface area contributed by atoms with Crippen LogP contribution in [0.5, 0.6) is 0 Å². The van der Waals surface area contributed by atoms with E-state index < -0.39 is 0 Å². The molecule has 0 saturated carbocycles. The normalized spacial score (nSPS) is 11.4. The highest BCUT2D eigenvalue weighted by Crippen LogP contribution is 2.39. The minimum absolute atomic E-state index is 0.919. The molecule has 0 atom stereocenters. The number of fused-ring (bicyclic) bond motifs is 4. The van der Waals surface area contributed by atoms with E-state index in [9.17, 15) is 0 Å². The van der Waals surface area contributed by atoms with Gasteiger partial charge in [0.25, 0.3) is 0 Å². The number of furan rings is 1. The van der Waals surface area contributed by atoms with E-state index in [0.29, 0.717) is 0 Å². The van der Waals surface area contributed by atoms with Crippen molar-refractivity contribution >= 4 is 143 Å². The molecule has 55 heavy (non-hydrogen) atoms. The van der Waals surface area contributed by atoms with Crippen LogP contribution in [0.2, 0.25) is 0 Å². The van der Waals surface area contributed by atoms with Gasteiger partial charge in [0.2, 0.25) is 0 Å². The maximum atomic E-state index is 6.08. The Morgan fingerprint density at radius 3 is 1.33 bits per heavy atom. The van der Waals surface area contributed by atoms with Crippen molar-refractivity contribution in [3.63, 3.8) is 0 Å². The molecule has 0 radical (unpaired) electrons. The number of nitrogens with zero attached hydrogens (tertiary/aromatic N) is 1. The molecule has 0 amide bonds. The van der Waals surface area contributed by atoms with E-state index >= 15 is 0 Å². The minimum atomic E-state index is 0.919. The van der Waals surface area contributed by atoms with Crippen LogP contribution in [0.4, 0.5) is 17.1 Å². The van der Waals surface area contributed by atoms with E-state index in [1.807, 2.05) is 12.1 Å². The van der Waals surface area contributed by atoms with Gasteiger partial charge in [0.1, 0.15) is 66.1 Å². The van der Waals surface area contributed by atoms with E-state index in [1.54, 1.807) is 0 Å². The molecule has 9 heteroatoms. The van der Waals surface area contributed by atoms with Crippen LogP contribution in [0.25, 0.3) is 66.1 Å². The minimum Gasteiger partial charge on any atom is -0.456 e. The standard InChI is InChI=1S/C46H38B7NO/c47-39-37-38(41(49)43(51)42(39)50)46(45(53)44(52)40(37)48)54(31-19-14-27(15-20-31)25-6-2-1-3-7-25)32-21-16-28(17-22-32)26-10-12-29(13-11-26)30-18-23-36-34(24-30)33-8-4-5-9-35(33)55-36/h1-24H,47-53H2. The van der Waals surface area contributed by atoms with Crippen LogP contribution in [0.3, 0.4) is 0 Å². The molecular formula is C46H38B7NO. The molecule has 0 unspecified atom stereocenters. The summed E-state index contributed by atoms with van der Waals surface area (Å²) < 4.78 is 6.08. The van der Waals surface area contributed by atoms with E-state index in [1.165, 1.54) is 88.1 Å². The summed E-state index contributed by atoms with van der Waals surface area (Å²) in [5, 5.41) is 5.02. The highest BCUT2D eigenvalue weighted by atomic mass is 16.3.